The van der Waals surface area contributed by atoms with Gasteiger partial charge < -0.3 is 15.4 Å². The smallest absolute Gasteiger partial charge is 0.257 e. The zero-order chi connectivity index (χ0) is 17.6. The summed E-state index contributed by atoms with van der Waals surface area (Å²) in [6.45, 7) is 1.29. The second-order valence-electron chi connectivity index (χ2n) is 5.77. The molecule has 6 nitrogen and oxygen atoms in total. The summed E-state index contributed by atoms with van der Waals surface area (Å²) in [5.74, 6) is -0.408. The Morgan fingerprint density at radius 3 is 2.64 bits per heavy atom. The molecule has 3 rings (SSSR count). The van der Waals surface area contributed by atoms with Crippen LogP contribution in [0.15, 0.2) is 47.2 Å². The van der Waals surface area contributed by atoms with Crippen molar-refractivity contribution < 1.29 is 14.3 Å². The topological polar surface area (TPSA) is 80.3 Å². The fraction of sp³-hybridized carbons (Fsp3) is 0.278. The Bertz CT molecular complexity index is 758. The number of nitrogens with zero attached hydrogens (tertiary/aromatic N) is 1. The molecule has 0 unspecified atom stereocenters. The molecule has 1 fully saturated rings. The number of pyridine rings is 1. The maximum Gasteiger partial charge on any atom is 0.257 e. The minimum absolute atomic E-state index is 0.112. The minimum atomic E-state index is -0.260. The van der Waals surface area contributed by atoms with Crippen molar-refractivity contribution in [2.45, 2.75) is 18.9 Å². The Kier molecular flexibility index (Phi) is 5.78. The van der Waals surface area contributed by atoms with Crippen LogP contribution in [-0.4, -0.2) is 36.1 Å². The SMILES string of the molecule is O=C(NC[C@H]1CCCO1)c1ccc(NC(=O)c2cncc(Br)c2)cc1. The highest BCUT2D eigenvalue weighted by Gasteiger charge is 2.16. The van der Waals surface area contributed by atoms with E-state index in [1.54, 1.807) is 36.5 Å². The zero-order valence-electron chi connectivity index (χ0n) is 13.5. The number of benzene rings is 1. The van der Waals surface area contributed by atoms with Crippen molar-refractivity contribution in [3.8, 4) is 0 Å². The van der Waals surface area contributed by atoms with Crippen LogP contribution in [0.2, 0.25) is 0 Å². The van der Waals surface area contributed by atoms with Crippen LogP contribution < -0.4 is 10.6 Å². The van der Waals surface area contributed by atoms with Crippen molar-refractivity contribution in [2.24, 2.45) is 0 Å². The highest BCUT2D eigenvalue weighted by atomic mass is 79.9. The van der Waals surface area contributed by atoms with Gasteiger partial charge in [0.15, 0.2) is 0 Å². The van der Waals surface area contributed by atoms with E-state index in [1.165, 1.54) is 6.20 Å². The van der Waals surface area contributed by atoms with Crippen molar-refractivity contribution in [1.82, 2.24) is 10.3 Å². The van der Waals surface area contributed by atoms with E-state index >= 15 is 0 Å². The number of rotatable bonds is 5. The first kappa shape index (κ1) is 17.6. The van der Waals surface area contributed by atoms with Gasteiger partial charge in [-0.25, -0.2) is 0 Å². The van der Waals surface area contributed by atoms with Crippen LogP contribution in [0.1, 0.15) is 33.6 Å². The Hall–Kier alpha value is -2.25. The van der Waals surface area contributed by atoms with Gasteiger partial charge in [0.25, 0.3) is 11.8 Å². The standard InChI is InChI=1S/C18H18BrN3O3/c19-14-8-13(9-20-10-14)18(24)22-15-5-3-12(4-6-15)17(23)21-11-16-2-1-7-25-16/h3-6,8-10,16H,1-2,7,11H2,(H,21,23)(H,22,24)/t16-/m1/s1. The molecule has 0 radical (unpaired) electrons. The van der Waals surface area contributed by atoms with E-state index in [4.69, 9.17) is 4.74 Å². The predicted octanol–water partition coefficient (Wildman–Crippen LogP) is 3.01. The molecule has 1 saturated heterocycles. The summed E-state index contributed by atoms with van der Waals surface area (Å²) in [5, 5.41) is 5.65. The van der Waals surface area contributed by atoms with Gasteiger partial charge >= 0.3 is 0 Å². The fourth-order valence-electron chi connectivity index (χ4n) is 2.56. The van der Waals surface area contributed by atoms with E-state index in [0.717, 1.165) is 23.9 Å². The number of halogens is 1. The van der Waals surface area contributed by atoms with Crippen LogP contribution in [0.4, 0.5) is 5.69 Å². The molecule has 1 atom stereocenters. The predicted molar refractivity (Wildman–Crippen MR) is 97.6 cm³/mol. The van der Waals surface area contributed by atoms with Gasteiger partial charge in [-0.3, -0.25) is 14.6 Å². The van der Waals surface area contributed by atoms with Crippen molar-refractivity contribution >= 4 is 33.4 Å². The van der Waals surface area contributed by atoms with E-state index in [1.807, 2.05) is 0 Å². The summed E-state index contributed by atoms with van der Waals surface area (Å²) in [6.07, 6.45) is 5.24. The highest BCUT2D eigenvalue weighted by Crippen LogP contribution is 2.14. The number of hydrogen-bond acceptors (Lipinski definition) is 4. The third-order valence-electron chi connectivity index (χ3n) is 3.89. The van der Waals surface area contributed by atoms with E-state index in [-0.39, 0.29) is 17.9 Å². The average Bonchev–Trinajstić information content (AvgIpc) is 3.14. The van der Waals surface area contributed by atoms with Gasteiger partial charge in [-0.2, -0.15) is 0 Å². The number of carbonyl (C=O) groups is 2. The van der Waals surface area contributed by atoms with Gasteiger partial charge in [0, 0.05) is 41.3 Å². The number of ether oxygens (including phenoxy) is 1. The zero-order valence-corrected chi connectivity index (χ0v) is 15.1. The molecule has 0 bridgehead atoms. The first-order valence-corrected chi connectivity index (χ1v) is 8.83. The van der Waals surface area contributed by atoms with Crippen LogP contribution in [0.3, 0.4) is 0 Å². The lowest BCUT2D eigenvalue weighted by Crippen LogP contribution is -2.31. The van der Waals surface area contributed by atoms with Crippen LogP contribution in [0.25, 0.3) is 0 Å². The Morgan fingerprint density at radius 1 is 1.16 bits per heavy atom. The van der Waals surface area contributed by atoms with E-state index < -0.39 is 0 Å². The van der Waals surface area contributed by atoms with Gasteiger partial charge in [0.1, 0.15) is 0 Å². The minimum Gasteiger partial charge on any atom is -0.376 e. The number of nitrogens with one attached hydrogen (secondary N) is 2. The van der Waals surface area contributed by atoms with Crippen molar-refractivity contribution in [3.63, 3.8) is 0 Å². The van der Waals surface area contributed by atoms with Crippen molar-refractivity contribution in [3.05, 3.63) is 58.3 Å². The maximum atomic E-state index is 12.2. The van der Waals surface area contributed by atoms with Gasteiger partial charge in [0.2, 0.25) is 0 Å². The van der Waals surface area contributed by atoms with Crippen LogP contribution in [-0.2, 0) is 4.74 Å². The number of carbonyl (C=O) groups excluding carboxylic acids is 2. The van der Waals surface area contributed by atoms with Gasteiger partial charge in [0.05, 0.1) is 11.7 Å². The Balaban J connectivity index is 1.56. The molecule has 7 heteroatoms. The summed E-state index contributed by atoms with van der Waals surface area (Å²) < 4.78 is 6.22. The lowest BCUT2D eigenvalue weighted by molar-refractivity contribution is 0.0857. The van der Waals surface area contributed by atoms with Gasteiger partial charge in [-0.15, -0.1) is 0 Å². The lowest BCUT2D eigenvalue weighted by Gasteiger charge is -2.11. The first-order chi connectivity index (χ1) is 12.1. The molecule has 2 amide bonds. The third-order valence-corrected chi connectivity index (χ3v) is 4.32. The summed E-state index contributed by atoms with van der Waals surface area (Å²) in [6, 6.07) is 8.45. The highest BCUT2D eigenvalue weighted by molar-refractivity contribution is 9.10. The molecule has 0 spiro atoms. The summed E-state index contributed by atoms with van der Waals surface area (Å²) in [5.41, 5.74) is 1.61. The lowest BCUT2D eigenvalue weighted by atomic mass is 10.1. The largest absolute Gasteiger partial charge is 0.376 e. The Labute approximate surface area is 154 Å². The molecular formula is C18H18BrN3O3. The molecule has 1 aliphatic heterocycles. The molecule has 25 heavy (non-hydrogen) atoms. The van der Waals surface area contributed by atoms with Crippen LogP contribution in [0, 0.1) is 0 Å². The van der Waals surface area contributed by atoms with E-state index in [9.17, 15) is 9.59 Å². The number of aromatic nitrogens is 1. The molecule has 2 heterocycles. The normalized spacial score (nSPS) is 16.4. The molecular weight excluding hydrogens is 386 g/mol. The summed E-state index contributed by atoms with van der Waals surface area (Å²) in [7, 11) is 0. The molecule has 2 N–H and O–H groups in total. The Morgan fingerprint density at radius 2 is 1.96 bits per heavy atom. The number of hydrogen-bond donors (Lipinski definition) is 2. The molecule has 0 aliphatic carbocycles. The van der Waals surface area contributed by atoms with Crippen LogP contribution in [0.5, 0.6) is 0 Å². The molecule has 130 valence electrons. The summed E-state index contributed by atoms with van der Waals surface area (Å²) in [4.78, 5) is 28.3. The summed E-state index contributed by atoms with van der Waals surface area (Å²) >= 11 is 3.28. The first-order valence-electron chi connectivity index (χ1n) is 8.03. The molecule has 0 saturated carbocycles. The van der Waals surface area contributed by atoms with E-state index in [0.29, 0.717) is 23.4 Å². The van der Waals surface area contributed by atoms with Gasteiger partial charge in [-0.1, -0.05) is 0 Å². The second kappa shape index (κ2) is 8.22. The molecule has 1 aliphatic rings. The molecule has 2 aromatic rings. The van der Waals surface area contributed by atoms with Crippen LogP contribution >= 0.6 is 15.9 Å². The number of anilines is 1. The molecule has 1 aromatic carbocycles. The monoisotopic (exact) mass is 403 g/mol. The van der Waals surface area contributed by atoms with Crippen molar-refractivity contribution in [2.75, 3.05) is 18.5 Å². The third kappa shape index (κ3) is 4.87. The van der Waals surface area contributed by atoms with E-state index in [2.05, 4.69) is 31.5 Å². The second-order valence-corrected chi connectivity index (χ2v) is 6.68. The van der Waals surface area contributed by atoms with Gasteiger partial charge in [-0.05, 0) is 59.1 Å². The maximum absolute atomic E-state index is 12.2. The quantitative estimate of drug-likeness (QED) is 0.803. The fourth-order valence-corrected chi connectivity index (χ4v) is 2.92. The average molecular weight is 404 g/mol. The molecule has 1 aromatic heterocycles. The number of amides is 2. The van der Waals surface area contributed by atoms with Crippen molar-refractivity contribution in [1.29, 1.82) is 0 Å².